The number of aliphatic carboxylic acids is 1. The normalized spacial score (nSPS) is 11.6. The van der Waals surface area contributed by atoms with Crippen molar-refractivity contribution < 1.29 is 28.9 Å². The Morgan fingerprint density at radius 3 is 2.29 bits per heavy atom. The minimum atomic E-state index is -0.971. The maximum Gasteiger partial charge on any atom is 0.409 e. The largest absolute Gasteiger partial charge is 0.492 e. The highest BCUT2D eigenvalue weighted by atomic mass is 16.6. The Morgan fingerprint density at radius 1 is 0.886 bits per heavy atom. The van der Waals surface area contributed by atoms with Crippen LogP contribution in [-0.4, -0.2) is 61.1 Å². The van der Waals surface area contributed by atoms with Gasteiger partial charge in [0, 0.05) is 26.0 Å². The first-order valence-electron chi connectivity index (χ1n) is 12.5. The van der Waals surface area contributed by atoms with Gasteiger partial charge in [0.1, 0.15) is 12.4 Å². The van der Waals surface area contributed by atoms with Gasteiger partial charge < -0.3 is 24.2 Å². The third kappa shape index (κ3) is 11.3. The molecule has 0 bridgehead atoms. The van der Waals surface area contributed by atoms with Gasteiger partial charge >= 0.3 is 12.1 Å². The van der Waals surface area contributed by atoms with Crippen LogP contribution in [0, 0.1) is 0 Å². The number of carboxylic acids is 1. The summed E-state index contributed by atoms with van der Waals surface area (Å²) < 4.78 is 16.6. The molecule has 35 heavy (non-hydrogen) atoms. The molecule has 7 nitrogen and oxygen atoms in total. The van der Waals surface area contributed by atoms with E-state index in [1.165, 1.54) is 0 Å². The number of unbranched alkanes of at least 4 members (excludes halogenated alkanes) is 3. The third-order valence-corrected chi connectivity index (χ3v) is 5.62. The molecule has 1 N–H and O–H groups in total. The summed E-state index contributed by atoms with van der Waals surface area (Å²) in [5.74, 6) is -0.303. The molecule has 0 radical (unpaired) electrons. The number of ether oxygens (including phenoxy) is 3. The Bertz CT molecular complexity index is 856. The highest BCUT2D eigenvalue weighted by Crippen LogP contribution is 2.15. The number of hydrogen-bond acceptors (Lipinski definition) is 5. The fourth-order valence-electron chi connectivity index (χ4n) is 3.64. The maximum absolute atomic E-state index is 12.7. The second kappa shape index (κ2) is 16.5. The quantitative estimate of drug-likeness (QED) is 0.304. The van der Waals surface area contributed by atoms with Crippen molar-refractivity contribution in [2.45, 2.75) is 58.5 Å². The molecular formula is C28H39NO6. The molecule has 0 aromatic heterocycles. The lowest BCUT2D eigenvalue weighted by atomic mass is 10.1. The van der Waals surface area contributed by atoms with Crippen LogP contribution in [0.15, 0.2) is 54.6 Å². The molecule has 2 aromatic carbocycles. The third-order valence-electron chi connectivity index (χ3n) is 5.62. The molecule has 0 aliphatic heterocycles. The van der Waals surface area contributed by atoms with E-state index >= 15 is 0 Å². The van der Waals surface area contributed by atoms with Crippen molar-refractivity contribution in [1.29, 1.82) is 0 Å². The molecule has 0 heterocycles. The Kier molecular flexibility index (Phi) is 13.3. The topological polar surface area (TPSA) is 85.3 Å². The van der Waals surface area contributed by atoms with Crippen LogP contribution in [0.2, 0.25) is 0 Å². The lowest BCUT2D eigenvalue weighted by Crippen LogP contribution is -2.36. The van der Waals surface area contributed by atoms with Crippen LogP contribution in [0.5, 0.6) is 5.75 Å². The summed E-state index contributed by atoms with van der Waals surface area (Å²) in [7, 11) is 0. The van der Waals surface area contributed by atoms with E-state index in [9.17, 15) is 14.7 Å². The molecule has 192 valence electrons. The molecule has 1 atom stereocenters. The summed E-state index contributed by atoms with van der Waals surface area (Å²) in [4.78, 5) is 25.7. The van der Waals surface area contributed by atoms with Gasteiger partial charge in [0.05, 0.1) is 13.2 Å². The predicted octanol–water partition coefficient (Wildman–Crippen LogP) is 5.36. The zero-order valence-electron chi connectivity index (χ0n) is 21.0. The van der Waals surface area contributed by atoms with Crippen molar-refractivity contribution in [1.82, 2.24) is 4.90 Å². The van der Waals surface area contributed by atoms with Gasteiger partial charge in [-0.2, -0.15) is 0 Å². The second-order valence-electron chi connectivity index (χ2n) is 8.38. The van der Waals surface area contributed by atoms with Crippen molar-refractivity contribution in [3.8, 4) is 5.75 Å². The molecule has 0 fully saturated rings. The molecule has 2 aromatic rings. The molecule has 0 aliphatic rings. The maximum atomic E-state index is 12.7. The van der Waals surface area contributed by atoms with E-state index in [1.807, 2.05) is 54.6 Å². The number of hydrogen-bond donors (Lipinski definition) is 1. The van der Waals surface area contributed by atoms with Crippen LogP contribution in [0.25, 0.3) is 0 Å². The van der Waals surface area contributed by atoms with E-state index in [2.05, 4.69) is 6.92 Å². The summed E-state index contributed by atoms with van der Waals surface area (Å²) in [6.07, 6.45) is 4.10. The van der Waals surface area contributed by atoms with Crippen LogP contribution in [0.4, 0.5) is 4.79 Å². The predicted molar refractivity (Wildman–Crippen MR) is 136 cm³/mol. The number of nitrogens with zero attached hydrogens (tertiary/aromatic N) is 1. The number of benzene rings is 2. The molecule has 0 aliphatic carbocycles. The molecule has 0 saturated heterocycles. The summed E-state index contributed by atoms with van der Waals surface area (Å²) in [5, 5.41) is 9.24. The van der Waals surface area contributed by atoms with Gasteiger partial charge in [0.2, 0.25) is 0 Å². The average molecular weight is 486 g/mol. The van der Waals surface area contributed by atoms with Gasteiger partial charge in [-0.05, 0) is 36.6 Å². The average Bonchev–Trinajstić information content (AvgIpc) is 2.86. The number of carbonyl (C=O) groups excluding carboxylic acids is 1. The fourth-order valence-corrected chi connectivity index (χ4v) is 3.64. The van der Waals surface area contributed by atoms with Crippen molar-refractivity contribution in [3.05, 3.63) is 65.7 Å². The van der Waals surface area contributed by atoms with Crippen LogP contribution in [0.1, 0.15) is 50.7 Å². The Morgan fingerprint density at radius 2 is 1.63 bits per heavy atom. The van der Waals surface area contributed by atoms with Gasteiger partial charge in [-0.3, -0.25) is 0 Å². The van der Waals surface area contributed by atoms with Gasteiger partial charge in [-0.25, -0.2) is 9.59 Å². The van der Waals surface area contributed by atoms with Crippen LogP contribution in [0.3, 0.4) is 0 Å². The number of carbonyl (C=O) groups is 2. The Hall–Kier alpha value is -3.06. The van der Waals surface area contributed by atoms with E-state index < -0.39 is 12.1 Å². The standard InChI is InChI=1S/C28H39NO6/c1-3-5-6-10-18-29(28(32)35-20-17-23-11-8-7-9-12-23)19-21-34-25-15-13-24(14-16-25)22-26(27(30)31)33-4-2/h7-9,11-16,26H,3-6,10,17-22H2,1-2H3,(H,30,31). The van der Waals surface area contributed by atoms with E-state index in [4.69, 9.17) is 14.2 Å². The number of carboxylic acid groups (broad SMARTS) is 1. The zero-order valence-corrected chi connectivity index (χ0v) is 21.0. The first-order chi connectivity index (χ1) is 17.0. The van der Waals surface area contributed by atoms with Gasteiger partial charge in [-0.1, -0.05) is 68.7 Å². The zero-order chi connectivity index (χ0) is 25.3. The fraction of sp³-hybridized carbons (Fsp3) is 0.500. The first kappa shape index (κ1) is 28.2. The number of amides is 1. The van der Waals surface area contributed by atoms with Crippen LogP contribution in [-0.2, 0) is 27.1 Å². The van der Waals surface area contributed by atoms with E-state index in [0.717, 1.165) is 36.8 Å². The lowest BCUT2D eigenvalue weighted by molar-refractivity contribution is -0.149. The van der Waals surface area contributed by atoms with Crippen molar-refractivity contribution in [2.24, 2.45) is 0 Å². The summed E-state index contributed by atoms with van der Waals surface area (Å²) in [5.41, 5.74) is 2.00. The highest BCUT2D eigenvalue weighted by molar-refractivity contribution is 5.72. The first-order valence-corrected chi connectivity index (χ1v) is 12.5. The molecule has 0 saturated carbocycles. The van der Waals surface area contributed by atoms with Gasteiger partial charge in [-0.15, -0.1) is 0 Å². The molecule has 1 unspecified atom stereocenters. The molecule has 0 spiro atoms. The van der Waals surface area contributed by atoms with Gasteiger partial charge in [0.25, 0.3) is 0 Å². The smallest absolute Gasteiger partial charge is 0.409 e. The summed E-state index contributed by atoms with van der Waals surface area (Å²) >= 11 is 0. The molecule has 7 heteroatoms. The number of rotatable bonds is 17. The lowest BCUT2D eigenvalue weighted by Gasteiger charge is -2.22. The minimum Gasteiger partial charge on any atom is -0.492 e. The van der Waals surface area contributed by atoms with E-state index in [1.54, 1.807) is 11.8 Å². The van der Waals surface area contributed by atoms with E-state index in [0.29, 0.717) is 51.5 Å². The molecular weight excluding hydrogens is 446 g/mol. The van der Waals surface area contributed by atoms with Crippen LogP contribution < -0.4 is 4.74 Å². The highest BCUT2D eigenvalue weighted by Gasteiger charge is 2.18. The Labute approximate surface area is 209 Å². The summed E-state index contributed by atoms with van der Waals surface area (Å²) in [6.45, 7) is 6.05. The van der Waals surface area contributed by atoms with Crippen LogP contribution >= 0.6 is 0 Å². The minimum absolute atomic E-state index is 0.295. The van der Waals surface area contributed by atoms with Crippen molar-refractivity contribution in [3.63, 3.8) is 0 Å². The van der Waals surface area contributed by atoms with E-state index in [-0.39, 0.29) is 6.09 Å². The summed E-state index contributed by atoms with van der Waals surface area (Å²) in [6, 6.07) is 17.3. The van der Waals surface area contributed by atoms with Crippen molar-refractivity contribution in [2.75, 3.05) is 32.9 Å². The van der Waals surface area contributed by atoms with Crippen molar-refractivity contribution >= 4 is 12.1 Å². The van der Waals surface area contributed by atoms with Gasteiger partial charge in [0.15, 0.2) is 6.10 Å². The molecule has 2 rings (SSSR count). The SMILES string of the molecule is CCCCCCN(CCOc1ccc(CC(OCC)C(=O)O)cc1)C(=O)OCCc1ccccc1. The Balaban J connectivity index is 1.82. The monoisotopic (exact) mass is 485 g/mol. The molecule has 1 amide bonds. The second-order valence-corrected chi connectivity index (χ2v) is 8.38.